The smallest absolute Gasteiger partial charge is 0.243 e. The number of hydrogen-bond acceptors (Lipinski definition) is 4. The van der Waals surface area contributed by atoms with Crippen molar-refractivity contribution in [2.75, 3.05) is 35.7 Å². The molecule has 118 valence electrons. The van der Waals surface area contributed by atoms with E-state index < -0.39 is 0 Å². The molecule has 6 nitrogen and oxygen atoms in total. The first-order valence-corrected chi connectivity index (χ1v) is 7.23. The van der Waals surface area contributed by atoms with E-state index in [4.69, 9.17) is 4.74 Å². The zero-order valence-corrected chi connectivity index (χ0v) is 12.7. The molecule has 0 spiro atoms. The van der Waals surface area contributed by atoms with Crippen molar-refractivity contribution in [2.45, 2.75) is 0 Å². The summed E-state index contributed by atoms with van der Waals surface area (Å²) in [6.07, 6.45) is 0. The minimum atomic E-state index is -0.192. The summed E-state index contributed by atoms with van der Waals surface area (Å²) in [5.41, 5.74) is 2.22. The van der Waals surface area contributed by atoms with Gasteiger partial charge in [-0.25, -0.2) is 0 Å². The SMILES string of the molecule is COc1cccc(NC(=O)CN2CC(=O)Nc3ccccc32)c1. The Kier molecular flexibility index (Phi) is 4.14. The third-order valence-electron chi connectivity index (χ3n) is 3.54. The summed E-state index contributed by atoms with van der Waals surface area (Å²) in [5, 5.41) is 5.62. The zero-order valence-electron chi connectivity index (χ0n) is 12.7. The predicted octanol–water partition coefficient (Wildman–Crippen LogP) is 2.09. The molecule has 0 bridgehead atoms. The van der Waals surface area contributed by atoms with Crippen LogP contribution in [0.25, 0.3) is 0 Å². The molecule has 0 radical (unpaired) electrons. The first-order chi connectivity index (χ1) is 11.2. The van der Waals surface area contributed by atoms with Gasteiger partial charge in [0.2, 0.25) is 11.8 Å². The molecular formula is C17H17N3O3. The highest BCUT2D eigenvalue weighted by Gasteiger charge is 2.23. The fourth-order valence-corrected chi connectivity index (χ4v) is 2.52. The Labute approximate surface area is 134 Å². The monoisotopic (exact) mass is 311 g/mol. The van der Waals surface area contributed by atoms with E-state index in [2.05, 4.69) is 10.6 Å². The third-order valence-corrected chi connectivity index (χ3v) is 3.54. The molecule has 1 aliphatic rings. The second kappa shape index (κ2) is 6.39. The number of benzene rings is 2. The molecule has 1 heterocycles. The van der Waals surface area contributed by atoms with Gasteiger partial charge in [-0.1, -0.05) is 18.2 Å². The van der Waals surface area contributed by atoms with Crippen molar-refractivity contribution in [3.63, 3.8) is 0 Å². The van der Waals surface area contributed by atoms with E-state index >= 15 is 0 Å². The quantitative estimate of drug-likeness (QED) is 0.907. The molecule has 2 amide bonds. The molecule has 1 aliphatic heterocycles. The number of hydrogen-bond donors (Lipinski definition) is 2. The normalized spacial score (nSPS) is 13.1. The second-order valence-electron chi connectivity index (χ2n) is 5.20. The van der Waals surface area contributed by atoms with Gasteiger partial charge in [0.1, 0.15) is 5.75 Å². The van der Waals surface area contributed by atoms with Crippen LogP contribution in [0.1, 0.15) is 0 Å². The molecule has 0 atom stereocenters. The maximum Gasteiger partial charge on any atom is 0.243 e. The highest BCUT2D eigenvalue weighted by Crippen LogP contribution is 2.28. The number of anilines is 3. The largest absolute Gasteiger partial charge is 0.497 e. The highest BCUT2D eigenvalue weighted by atomic mass is 16.5. The van der Waals surface area contributed by atoms with E-state index in [0.717, 1.165) is 11.4 Å². The van der Waals surface area contributed by atoms with Crippen molar-refractivity contribution in [2.24, 2.45) is 0 Å². The number of methoxy groups -OCH3 is 1. The van der Waals surface area contributed by atoms with E-state index in [9.17, 15) is 9.59 Å². The summed E-state index contributed by atoms with van der Waals surface area (Å²) in [7, 11) is 1.57. The van der Waals surface area contributed by atoms with Gasteiger partial charge in [0.25, 0.3) is 0 Å². The molecule has 2 aromatic rings. The molecule has 0 aromatic heterocycles. The van der Waals surface area contributed by atoms with Crippen molar-refractivity contribution >= 4 is 28.9 Å². The first kappa shape index (κ1) is 14.9. The maximum atomic E-state index is 12.3. The van der Waals surface area contributed by atoms with Crippen molar-refractivity contribution in [1.29, 1.82) is 0 Å². The van der Waals surface area contributed by atoms with Crippen LogP contribution in [-0.2, 0) is 9.59 Å². The Morgan fingerprint density at radius 1 is 1.26 bits per heavy atom. The summed E-state index contributed by atoms with van der Waals surface area (Å²) in [5.74, 6) is 0.353. The van der Waals surface area contributed by atoms with Crippen LogP contribution in [0, 0.1) is 0 Å². The van der Waals surface area contributed by atoms with Crippen LogP contribution in [0.3, 0.4) is 0 Å². The summed E-state index contributed by atoms with van der Waals surface area (Å²) < 4.78 is 5.13. The number of nitrogens with one attached hydrogen (secondary N) is 2. The summed E-state index contributed by atoms with van der Waals surface area (Å²) in [4.78, 5) is 25.8. The summed E-state index contributed by atoms with van der Waals surface area (Å²) in [6, 6.07) is 14.6. The Bertz CT molecular complexity index is 745. The van der Waals surface area contributed by atoms with Gasteiger partial charge in [0, 0.05) is 11.8 Å². The first-order valence-electron chi connectivity index (χ1n) is 7.23. The molecule has 0 fully saturated rings. The molecule has 0 aliphatic carbocycles. The van der Waals surface area contributed by atoms with Crippen molar-refractivity contribution < 1.29 is 14.3 Å². The molecule has 0 saturated carbocycles. The van der Waals surface area contributed by atoms with Crippen molar-refractivity contribution in [3.8, 4) is 5.75 Å². The lowest BCUT2D eigenvalue weighted by Gasteiger charge is -2.30. The lowest BCUT2D eigenvalue weighted by molar-refractivity contribution is -0.115. The molecule has 3 rings (SSSR count). The predicted molar refractivity (Wildman–Crippen MR) is 88.9 cm³/mol. The molecular weight excluding hydrogens is 294 g/mol. The number of fused-ring (bicyclic) bond motifs is 1. The van der Waals surface area contributed by atoms with E-state index in [1.165, 1.54) is 0 Å². The zero-order chi connectivity index (χ0) is 16.2. The van der Waals surface area contributed by atoms with Crippen LogP contribution in [0.2, 0.25) is 0 Å². The maximum absolute atomic E-state index is 12.3. The minimum Gasteiger partial charge on any atom is -0.497 e. The number of para-hydroxylation sites is 2. The van der Waals surface area contributed by atoms with Gasteiger partial charge in [-0.2, -0.15) is 0 Å². The molecule has 2 N–H and O–H groups in total. The highest BCUT2D eigenvalue weighted by molar-refractivity contribution is 6.03. The van der Waals surface area contributed by atoms with E-state index in [1.54, 1.807) is 36.3 Å². The Morgan fingerprint density at radius 3 is 2.91 bits per heavy atom. The molecule has 0 unspecified atom stereocenters. The lowest BCUT2D eigenvalue weighted by atomic mass is 10.2. The molecule has 0 saturated heterocycles. The number of nitrogens with zero attached hydrogens (tertiary/aromatic N) is 1. The van der Waals surface area contributed by atoms with Crippen LogP contribution < -0.4 is 20.3 Å². The topological polar surface area (TPSA) is 70.7 Å². The van der Waals surface area contributed by atoms with E-state index in [1.807, 2.05) is 24.3 Å². The van der Waals surface area contributed by atoms with Gasteiger partial charge in [-0.05, 0) is 24.3 Å². The fourth-order valence-electron chi connectivity index (χ4n) is 2.52. The Morgan fingerprint density at radius 2 is 2.09 bits per heavy atom. The second-order valence-corrected chi connectivity index (χ2v) is 5.20. The number of ether oxygens (including phenoxy) is 1. The van der Waals surface area contributed by atoms with Gasteiger partial charge >= 0.3 is 0 Å². The molecule has 2 aromatic carbocycles. The number of carbonyl (C=O) groups excluding carboxylic acids is 2. The van der Waals surface area contributed by atoms with Gasteiger partial charge in [0.15, 0.2) is 0 Å². The number of rotatable bonds is 4. The van der Waals surface area contributed by atoms with Crippen LogP contribution >= 0.6 is 0 Å². The van der Waals surface area contributed by atoms with E-state index in [0.29, 0.717) is 11.4 Å². The lowest BCUT2D eigenvalue weighted by Crippen LogP contribution is -2.42. The van der Waals surface area contributed by atoms with E-state index in [-0.39, 0.29) is 24.9 Å². The van der Waals surface area contributed by atoms with Gasteiger partial charge in [0.05, 0.1) is 31.6 Å². The van der Waals surface area contributed by atoms with Gasteiger partial charge in [-0.3, -0.25) is 9.59 Å². The number of carbonyl (C=O) groups is 2. The van der Waals surface area contributed by atoms with Crippen LogP contribution in [0.15, 0.2) is 48.5 Å². The summed E-state index contributed by atoms with van der Waals surface area (Å²) >= 11 is 0. The fraction of sp³-hybridized carbons (Fsp3) is 0.176. The van der Waals surface area contributed by atoms with Gasteiger partial charge < -0.3 is 20.3 Å². The minimum absolute atomic E-state index is 0.0989. The van der Waals surface area contributed by atoms with Gasteiger partial charge in [-0.15, -0.1) is 0 Å². The standard InChI is InChI=1S/C17H17N3O3/c1-23-13-6-4-5-12(9-13)18-16(21)10-20-11-17(22)19-14-7-2-3-8-15(14)20/h2-9H,10-11H2,1H3,(H,18,21)(H,19,22). The molecule has 6 heteroatoms. The molecule has 23 heavy (non-hydrogen) atoms. The van der Waals surface area contributed by atoms with Crippen molar-refractivity contribution in [3.05, 3.63) is 48.5 Å². The number of amides is 2. The average Bonchev–Trinajstić information content (AvgIpc) is 2.54. The summed E-state index contributed by atoms with van der Waals surface area (Å²) in [6.45, 7) is 0.254. The third kappa shape index (κ3) is 3.42. The van der Waals surface area contributed by atoms with Crippen LogP contribution in [-0.4, -0.2) is 32.0 Å². The average molecular weight is 311 g/mol. The van der Waals surface area contributed by atoms with Crippen LogP contribution in [0.5, 0.6) is 5.75 Å². The van der Waals surface area contributed by atoms with Crippen molar-refractivity contribution in [1.82, 2.24) is 0 Å². The Balaban J connectivity index is 1.71. The Hall–Kier alpha value is -3.02. The van der Waals surface area contributed by atoms with Crippen LogP contribution in [0.4, 0.5) is 17.1 Å².